The van der Waals surface area contributed by atoms with E-state index < -0.39 is 17.6 Å². The highest BCUT2D eigenvalue weighted by molar-refractivity contribution is 5.87. The lowest BCUT2D eigenvalue weighted by Crippen LogP contribution is -2.49. The van der Waals surface area contributed by atoms with Crippen molar-refractivity contribution in [1.29, 1.82) is 0 Å². The molecule has 180 valence electrons. The Morgan fingerprint density at radius 3 is 2.17 bits per heavy atom. The molecule has 4 rings (SSSR count). The zero-order chi connectivity index (χ0) is 25.0. The van der Waals surface area contributed by atoms with Crippen molar-refractivity contribution in [1.82, 2.24) is 5.32 Å². The molecule has 35 heavy (non-hydrogen) atoms. The molecule has 0 aromatic heterocycles. The summed E-state index contributed by atoms with van der Waals surface area (Å²) in [5.74, 6) is -1.47. The largest absolute Gasteiger partial charge is 0.480 e. The molecule has 0 bridgehead atoms. The zero-order valence-corrected chi connectivity index (χ0v) is 19.7. The Kier molecular flexibility index (Phi) is 6.87. The standard InChI is InChI=1S/C28H28N2O5/c1-28(2,26(32)33)30-25(31)15-14-18-8-7-9-19(16-18)29-27(34)35-17-24-22-12-5-3-10-20(22)21-11-4-6-13-23(21)24/h3-13,16,24H,14-15,17H2,1-2H3,(H,29,34)(H,30,31)(H,32,33). The molecule has 3 aromatic rings. The Morgan fingerprint density at radius 2 is 1.54 bits per heavy atom. The molecule has 0 radical (unpaired) electrons. The molecule has 0 aliphatic heterocycles. The molecule has 1 aliphatic rings. The number of hydrogen-bond acceptors (Lipinski definition) is 4. The number of fused-ring (bicyclic) bond motifs is 3. The fraction of sp³-hybridized carbons (Fsp3) is 0.250. The van der Waals surface area contributed by atoms with E-state index in [1.165, 1.54) is 25.0 Å². The smallest absolute Gasteiger partial charge is 0.411 e. The minimum atomic E-state index is -1.33. The molecule has 0 saturated carbocycles. The lowest BCUT2D eigenvalue weighted by atomic mass is 9.98. The SMILES string of the molecule is CC(C)(NC(=O)CCc1cccc(NC(=O)OCC2c3ccccc3-c3ccccc32)c1)C(=O)O. The van der Waals surface area contributed by atoms with Crippen molar-refractivity contribution in [2.45, 2.75) is 38.1 Å². The highest BCUT2D eigenvalue weighted by Gasteiger charge is 2.29. The summed E-state index contributed by atoms with van der Waals surface area (Å²) in [5, 5.41) is 14.4. The van der Waals surface area contributed by atoms with E-state index in [1.54, 1.807) is 18.2 Å². The van der Waals surface area contributed by atoms with Crippen molar-refractivity contribution in [3.63, 3.8) is 0 Å². The lowest BCUT2D eigenvalue weighted by Gasteiger charge is -2.20. The van der Waals surface area contributed by atoms with Gasteiger partial charge in [-0.25, -0.2) is 9.59 Å². The van der Waals surface area contributed by atoms with Crippen LogP contribution < -0.4 is 10.6 Å². The predicted molar refractivity (Wildman–Crippen MR) is 133 cm³/mol. The molecule has 0 fully saturated rings. The van der Waals surface area contributed by atoms with Gasteiger partial charge in [-0.05, 0) is 60.2 Å². The summed E-state index contributed by atoms with van der Waals surface area (Å²) in [5.41, 5.74) is 4.70. The number of benzene rings is 3. The van der Waals surface area contributed by atoms with E-state index in [0.29, 0.717) is 12.1 Å². The molecule has 2 amide bonds. The van der Waals surface area contributed by atoms with Gasteiger partial charge in [-0.3, -0.25) is 10.1 Å². The first-order valence-electron chi connectivity index (χ1n) is 11.5. The molecule has 1 aliphatic carbocycles. The molecule has 7 heteroatoms. The van der Waals surface area contributed by atoms with E-state index in [-0.39, 0.29) is 24.9 Å². The molecule has 0 heterocycles. The number of anilines is 1. The van der Waals surface area contributed by atoms with Crippen LogP contribution in [0.15, 0.2) is 72.8 Å². The molecule has 0 unspecified atom stereocenters. The Balaban J connectivity index is 1.33. The first kappa shape index (κ1) is 24.0. The highest BCUT2D eigenvalue weighted by atomic mass is 16.5. The number of hydrogen-bond donors (Lipinski definition) is 3. The number of carbonyl (C=O) groups excluding carboxylic acids is 2. The van der Waals surface area contributed by atoms with Crippen LogP contribution in [0, 0.1) is 0 Å². The van der Waals surface area contributed by atoms with Crippen LogP contribution in [0.1, 0.15) is 42.9 Å². The summed E-state index contributed by atoms with van der Waals surface area (Å²) in [7, 11) is 0. The summed E-state index contributed by atoms with van der Waals surface area (Å²) in [6.07, 6.45) is -0.0164. The van der Waals surface area contributed by atoms with Crippen LogP contribution in [-0.2, 0) is 20.7 Å². The molecular weight excluding hydrogens is 444 g/mol. The lowest BCUT2D eigenvalue weighted by molar-refractivity contribution is -0.146. The minimum absolute atomic E-state index is 0.0203. The number of aliphatic carboxylic acids is 1. The van der Waals surface area contributed by atoms with Gasteiger partial charge < -0.3 is 15.2 Å². The predicted octanol–water partition coefficient (Wildman–Crippen LogP) is 4.96. The summed E-state index contributed by atoms with van der Waals surface area (Å²) in [6.45, 7) is 3.09. The van der Waals surface area contributed by atoms with Crippen LogP contribution in [0.5, 0.6) is 0 Å². The topological polar surface area (TPSA) is 105 Å². The number of carboxylic acids is 1. The number of rotatable bonds is 8. The zero-order valence-electron chi connectivity index (χ0n) is 19.7. The summed E-state index contributed by atoms with van der Waals surface area (Å²) >= 11 is 0. The van der Waals surface area contributed by atoms with Gasteiger partial charge in [0, 0.05) is 18.0 Å². The average molecular weight is 473 g/mol. The fourth-order valence-electron chi connectivity index (χ4n) is 4.28. The summed E-state index contributed by atoms with van der Waals surface area (Å²) in [4.78, 5) is 35.8. The highest BCUT2D eigenvalue weighted by Crippen LogP contribution is 2.44. The third-order valence-electron chi connectivity index (χ3n) is 6.14. The maximum Gasteiger partial charge on any atom is 0.411 e. The number of nitrogens with one attached hydrogen (secondary N) is 2. The van der Waals surface area contributed by atoms with Gasteiger partial charge in [0.15, 0.2) is 0 Å². The molecule has 3 N–H and O–H groups in total. The normalized spacial score (nSPS) is 12.4. The molecule has 0 spiro atoms. The molecule has 3 aromatic carbocycles. The number of ether oxygens (including phenoxy) is 1. The Labute approximate surface area is 204 Å². The Bertz CT molecular complexity index is 1220. The first-order chi connectivity index (χ1) is 16.7. The van der Waals surface area contributed by atoms with E-state index in [9.17, 15) is 14.4 Å². The number of carbonyl (C=O) groups is 3. The van der Waals surface area contributed by atoms with Gasteiger partial charge in [0.25, 0.3) is 0 Å². The van der Waals surface area contributed by atoms with Gasteiger partial charge in [-0.2, -0.15) is 0 Å². The van der Waals surface area contributed by atoms with Crippen LogP contribution in [0.4, 0.5) is 10.5 Å². The van der Waals surface area contributed by atoms with Crippen molar-refractivity contribution in [3.05, 3.63) is 89.5 Å². The van der Waals surface area contributed by atoms with E-state index in [4.69, 9.17) is 9.84 Å². The second-order valence-corrected chi connectivity index (χ2v) is 9.13. The van der Waals surface area contributed by atoms with Gasteiger partial charge in [0.2, 0.25) is 5.91 Å². The summed E-state index contributed by atoms with van der Waals surface area (Å²) < 4.78 is 5.59. The van der Waals surface area contributed by atoms with Crippen LogP contribution in [0.3, 0.4) is 0 Å². The molecule has 0 atom stereocenters. The Morgan fingerprint density at radius 1 is 0.914 bits per heavy atom. The number of aryl methyl sites for hydroxylation is 1. The average Bonchev–Trinajstić information content (AvgIpc) is 3.15. The van der Waals surface area contributed by atoms with Crippen LogP contribution in [0.25, 0.3) is 11.1 Å². The minimum Gasteiger partial charge on any atom is -0.480 e. The van der Waals surface area contributed by atoms with Crippen molar-refractivity contribution in [2.75, 3.05) is 11.9 Å². The van der Waals surface area contributed by atoms with Gasteiger partial charge in [-0.1, -0.05) is 60.7 Å². The molecule has 0 saturated heterocycles. The first-order valence-corrected chi connectivity index (χ1v) is 11.5. The molecule has 7 nitrogen and oxygen atoms in total. The van der Waals surface area contributed by atoms with E-state index >= 15 is 0 Å². The van der Waals surface area contributed by atoms with Gasteiger partial charge >= 0.3 is 12.1 Å². The number of carboxylic acid groups (broad SMARTS) is 1. The van der Waals surface area contributed by atoms with Crippen molar-refractivity contribution < 1.29 is 24.2 Å². The van der Waals surface area contributed by atoms with Crippen LogP contribution >= 0.6 is 0 Å². The van der Waals surface area contributed by atoms with E-state index in [1.807, 2.05) is 30.3 Å². The quantitative estimate of drug-likeness (QED) is 0.430. The van der Waals surface area contributed by atoms with Gasteiger partial charge in [0.1, 0.15) is 12.1 Å². The van der Waals surface area contributed by atoms with E-state index in [2.05, 4.69) is 34.9 Å². The third-order valence-corrected chi connectivity index (χ3v) is 6.14. The van der Waals surface area contributed by atoms with Crippen molar-refractivity contribution >= 4 is 23.7 Å². The van der Waals surface area contributed by atoms with Crippen molar-refractivity contribution in [2.24, 2.45) is 0 Å². The van der Waals surface area contributed by atoms with Crippen LogP contribution in [0.2, 0.25) is 0 Å². The van der Waals surface area contributed by atoms with Crippen molar-refractivity contribution in [3.8, 4) is 11.1 Å². The maximum absolute atomic E-state index is 12.5. The van der Waals surface area contributed by atoms with E-state index in [0.717, 1.165) is 16.7 Å². The summed E-state index contributed by atoms with van der Waals surface area (Å²) in [6, 6.07) is 23.5. The molecular formula is C28H28N2O5. The maximum atomic E-state index is 12.5. The second-order valence-electron chi connectivity index (χ2n) is 9.13. The van der Waals surface area contributed by atoms with Gasteiger partial charge in [-0.15, -0.1) is 0 Å². The monoisotopic (exact) mass is 472 g/mol. The van der Waals surface area contributed by atoms with Crippen LogP contribution in [-0.4, -0.2) is 35.2 Å². The Hall–Kier alpha value is -4.13. The second kappa shape index (κ2) is 10.0. The fourth-order valence-corrected chi connectivity index (χ4v) is 4.28. The van der Waals surface area contributed by atoms with Gasteiger partial charge in [0.05, 0.1) is 0 Å². The number of amides is 2. The third kappa shape index (κ3) is 5.51.